The number of hydrogen-bond donors (Lipinski definition) is 1. The van der Waals surface area contributed by atoms with Gasteiger partial charge in [0.15, 0.2) is 17.1 Å². The van der Waals surface area contributed by atoms with Crippen molar-refractivity contribution in [3.63, 3.8) is 0 Å². The Morgan fingerprint density at radius 1 is 0.800 bits per heavy atom. The predicted octanol–water partition coefficient (Wildman–Crippen LogP) is 6.39. The zero-order valence-corrected chi connectivity index (χ0v) is 20.5. The minimum atomic E-state index is 0.347. The van der Waals surface area contributed by atoms with Gasteiger partial charge in [-0.1, -0.05) is 48.5 Å². The van der Waals surface area contributed by atoms with Crippen molar-refractivity contribution in [2.45, 2.75) is 6.92 Å². The number of hydrogen-bond acceptors (Lipinski definition) is 6. The van der Waals surface area contributed by atoms with Crippen LogP contribution in [0.4, 0.5) is 5.82 Å². The number of rotatable bonds is 5. The monoisotopic (exact) mass is 480 g/mol. The molecule has 0 saturated carbocycles. The van der Waals surface area contributed by atoms with Gasteiger partial charge in [0.25, 0.3) is 0 Å². The van der Waals surface area contributed by atoms with Gasteiger partial charge in [-0.15, -0.1) is 0 Å². The van der Waals surface area contributed by atoms with Crippen LogP contribution < -0.4 is 15.2 Å². The highest BCUT2D eigenvalue weighted by Gasteiger charge is 2.18. The lowest BCUT2D eigenvalue weighted by Gasteiger charge is -2.18. The van der Waals surface area contributed by atoms with E-state index < -0.39 is 0 Å². The molecule has 0 bridgehead atoms. The average molecular weight is 481 g/mol. The van der Waals surface area contributed by atoms with Gasteiger partial charge in [0.05, 0.1) is 31.0 Å². The summed E-state index contributed by atoms with van der Waals surface area (Å²) < 4.78 is 13.1. The van der Waals surface area contributed by atoms with Gasteiger partial charge in [-0.05, 0) is 66.2 Å². The molecule has 2 aromatic heterocycles. The molecule has 0 fully saturated rings. The second kappa shape index (κ2) is 9.19. The number of ether oxygens (including phenoxy) is 2. The van der Waals surface area contributed by atoms with Crippen molar-refractivity contribution in [2.75, 3.05) is 20.0 Å². The standard InChI is InChI=1S/C28H24N4O2S/c1-17-9-7-8-12-22(17)32-26(29)25-20(18-10-5-4-6-11-18)16-21(30-27(25)31-28(32)35)19-13-14-23(33-2)24(15-19)34-3/h4-16H,29H2,1-3H3. The largest absolute Gasteiger partial charge is 0.493 e. The maximum atomic E-state index is 6.81. The molecule has 0 aliphatic carbocycles. The Bertz CT molecular complexity index is 1610. The first kappa shape index (κ1) is 22.6. The zero-order chi connectivity index (χ0) is 24.5. The van der Waals surface area contributed by atoms with Crippen LogP contribution >= 0.6 is 12.2 Å². The molecular formula is C28H24N4O2S. The molecule has 0 atom stereocenters. The molecule has 0 spiro atoms. The van der Waals surface area contributed by atoms with E-state index in [2.05, 4.69) is 0 Å². The molecule has 7 heteroatoms. The van der Waals surface area contributed by atoms with Gasteiger partial charge in [-0.3, -0.25) is 4.57 Å². The number of para-hydroxylation sites is 1. The molecule has 0 aliphatic heterocycles. The van der Waals surface area contributed by atoms with Gasteiger partial charge in [0, 0.05) is 5.56 Å². The lowest BCUT2D eigenvalue weighted by molar-refractivity contribution is 0.355. The predicted molar refractivity (Wildman–Crippen MR) is 143 cm³/mol. The van der Waals surface area contributed by atoms with Gasteiger partial charge in [0.2, 0.25) is 4.77 Å². The Hall–Kier alpha value is -4.23. The smallest absolute Gasteiger partial charge is 0.207 e. The van der Waals surface area contributed by atoms with Gasteiger partial charge in [0.1, 0.15) is 5.82 Å². The minimum absolute atomic E-state index is 0.347. The summed E-state index contributed by atoms with van der Waals surface area (Å²) in [5.41, 5.74) is 12.8. The summed E-state index contributed by atoms with van der Waals surface area (Å²) in [6.45, 7) is 2.03. The van der Waals surface area contributed by atoms with Crippen molar-refractivity contribution in [3.8, 4) is 39.6 Å². The summed E-state index contributed by atoms with van der Waals surface area (Å²) >= 11 is 5.70. The summed E-state index contributed by atoms with van der Waals surface area (Å²) in [5, 5.41) is 0.747. The van der Waals surface area contributed by atoms with E-state index in [4.69, 9.17) is 37.4 Å². The molecule has 3 aromatic carbocycles. The molecule has 6 nitrogen and oxygen atoms in total. The van der Waals surface area contributed by atoms with E-state index in [-0.39, 0.29) is 0 Å². The van der Waals surface area contributed by atoms with Crippen molar-refractivity contribution >= 4 is 29.1 Å². The molecule has 0 saturated heterocycles. The molecule has 5 rings (SSSR count). The molecule has 0 amide bonds. The van der Waals surface area contributed by atoms with Crippen LogP contribution in [0.15, 0.2) is 78.9 Å². The normalized spacial score (nSPS) is 10.9. The number of pyridine rings is 1. The number of aromatic nitrogens is 3. The Kier molecular flexibility index (Phi) is 5.93. The lowest BCUT2D eigenvalue weighted by Crippen LogP contribution is -2.10. The fourth-order valence-electron chi connectivity index (χ4n) is 4.26. The second-order valence-electron chi connectivity index (χ2n) is 8.09. The molecule has 5 aromatic rings. The highest BCUT2D eigenvalue weighted by Crippen LogP contribution is 2.38. The average Bonchev–Trinajstić information content (AvgIpc) is 2.89. The van der Waals surface area contributed by atoms with Crippen LogP contribution in [0.2, 0.25) is 0 Å². The van der Waals surface area contributed by atoms with E-state index in [9.17, 15) is 0 Å². The third kappa shape index (κ3) is 4.00. The highest BCUT2D eigenvalue weighted by molar-refractivity contribution is 7.71. The van der Waals surface area contributed by atoms with Crippen LogP contribution in [0.3, 0.4) is 0 Å². The first-order chi connectivity index (χ1) is 17.0. The maximum Gasteiger partial charge on any atom is 0.207 e. The quantitative estimate of drug-likeness (QED) is 0.294. The summed E-state index contributed by atoms with van der Waals surface area (Å²) in [5.74, 6) is 1.77. The second-order valence-corrected chi connectivity index (χ2v) is 8.46. The molecule has 2 heterocycles. The van der Waals surface area contributed by atoms with Crippen LogP contribution in [0.1, 0.15) is 5.56 Å². The molecule has 35 heavy (non-hydrogen) atoms. The summed E-state index contributed by atoms with van der Waals surface area (Å²) in [6.07, 6.45) is 0. The number of nitrogens with zero attached hydrogens (tertiary/aromatic N) is 3. The van der Waals surface area contributed by atoms with E-state index in [1.165, 1.54) is 0 Å². The van der Waals surface area contributed by atoms with Crippen LogP contribution in [-0.2, 0) is 0 Å². The summed E-state index contributed by atoms with van der Waals surface area (Å²) in [7, 11) is 3.22. The molecule has 0 unspecified atom stereocenters. The van der Waals surface area contributed by atoms with E-state index >= 15 is 0 Å². The Morgan fingerprint density at radius 2 is 1.51 bits per heavy atom. The van der Waals surface area contributed by atoms with Crippen molar-refractivity contribution < 1.29 is 9.47 Å². The van der Waals surface area contributed by atoms with Crippen LogP contribution in [0.25, 0.3) is 39.1 Å². The molecule has 0 aliphatic rings. The third-order valence-corrected chi connectivity index (χ3v) is 6.28. The fraction of sp³-hybridized carbons (Fsp3) is 0.107. The van der Waals surface area contributed by atoms with Crippen LogP contribution in [0.5, 0.6) is 11.5 Å². The fourth-order valence-corrected chi connectivity index (χ4v) is 4.54. The number of nitrogens with two attached hydrogens (primary N) is 1. The molecular weight excluding hydrogens is 456 g/mol. The number of anilines is 1. The van der Waals surface area contributed by atoms with Gasteiger partial charge in [-0.25, -0.2) is 4.98 Å². The van der Waals surface area contributed by atoms with E-state index in [1.807, 2.05) is 90.4 Å². The van der Waals surface area contributed by atoms with Gasteiger partial charge in [-0.2, -0.15) is 4.98 Å². The SMILES string of the molecule is COc1ccc(-c2cc(-c3ccccc3)c3c(N)n(-c4ccccc4C)c(=S)nc3n2)cc1OC. The van der Waals surface area contributed by atoms with Crippen molar-refractivity contribution in [3.05, 3.63) is 89.2 Å². The van der Waals surface area contributed by atoms with Gasteiger partial charge < -0.3 is 15.2 Å². The molecule has 2 N–H and O–H groups in total. The van der Waals surface area contributed by atoms with Crippen molar-refractivity contribution in [1.82, 2.24) is 14.5 Å². The Morgan fingerprint density at radius 3 is 2.23 bits per heavy atom. The number of nitrogen functional groups attached to an aromatic ring is 1. The summed E-state index contributed by atoms with van der Waals surface area (Å²) in [4.78, 5) is 9.61. The van der Waals surface area contributed by atoms with Crippen molar-refractivity contribution in [1.29, 1.82) is 0 Å². The first-order valence-electron chi connectivity index (χ1n) is 11.1. The number of benzene rings is 3. The van der Waals surface area contributed by atoms with Crippen molar-refractivity contribution in [2.24, 2.45) is 0 Å². The third-order valence-electron chi connectivity index (χ3n) is 6.01. The topological polar surface area (TPSA) is 75.2 Å². The van der Waals surface area contributed by atoms with Crippen LogP contribution in [0, 0.1) is 11.7 Å². The maximum absolute atomic E-state index is 6.81. The van der Waals surface area contributed by atoms with Gasteiger partial charge >= 0.3 is 0 Å². The Balaban J connectivity index is 1.84. The lowest BCUT2D eigenvalue weighted by atomic mass is 9.99. The minimum Gasteiger partial charge on any atom is -0.493 e. The number of fused-ring (bicyclic) bond motifs is 1. The number of methoxy groups -OCH3 is 2. The van der Waals surface area contributed by atoms with Crippen LogP contribution in [-0.4, -0.2) is 28.8 Å². The van der Waals surface area contributed by atoms with E-state index in [0.717, 1.165) is 39.0 Å². The first-order valence-corrected chi connectivity index (χ1v) is 11.5. The number of aryl methyl sites for hydroxylation is 1. The highest BCUT2D eigenvalue weighted by atomic mass is 32.1. The summed E-state index contributed by atoms with van der Waals surface area (Å²) in [6, 6.07) is 25.8. The molecule has 0 radical (unpaired) electrons. The zero-order valence-electron chi connectivity index (χ0n) is 19.6. The van der Waals surface area contributed by atoms with E-state index in [1.54, 1.807) is 14.2 Å². The Labute approximate surface area is 208 Å². The molecule has 174 valence electrons. The van der Waals surface area contributed by atoms with E-state index in [0.29, 0.717) is 27.7 Å².